The summed E-state index contributed by atoms with van der Waals surface area (Å²) < 4.78 is 26.6. The van der Waals surface area contributed by atoms with Crippen molar-refractivity contribution in [3.05, 3.63) is 49.7 Å². The van der Waals surface area contributed by atoms with Gasteiger partial charge in [0, 0.05) is 11.1 Å². The SMILES string of the molecule is N#CC(C#N)=C1/C(=C(/N)I)C(=O)c2cc(F)c(F)cc21. The number of nitriles is 2. The summed E-state index contributed by atoms with van der Waals surface area (Å²) in [5.41, 5.74) is 4.96. The van der Waals surface area contributed by atoms with Gasteiger partial charge in [0.1, 0.15) is 17.7 Å². The number of rotatable bonds is 0. The Morgan fingerprint density at radius 1 is 1.10 bits per heavy atom. The van der Waals surface area contributed by atoms with Crippen molar-refractivity contribution in [3.8, 4) is 12.1 Å². The minimum absolute atomic E-state index is 0.00150. The van der Waals surface area contributed by atoms with E-state index < -0.39 is 17.4 Å². The van der Waals surface area contributed by atoms with Crippen LogP contribution in [0.15, 0.2) is 27.0 Å². The Kier molecular flexibility index (Phi) is 3.55. The average Bonchev–Trinajstić information content (AvgIpc) is 2.66. The Labute approximate surface area is 125 Å². The van der Waals surface area contributed by atoms with Crippen LogP contribution in [0.25, 0.3) is 5.57 Å². The lowest BCUT2D eigenvalue weighted by molar-refractivity contribution is 0.104. The Morgan fingerprint density at radius 3 is 2.05 bits per heavy atom. The minimum Gasteiger partial charge on any atom is -0.393 e. The standard InChI is InChI=1S/C13H4F2IN3O/c14-8-1-6-7(2-9(8)15)12(20)11(13(16)19)10(6)5(3-17)4-18/h1-2H,19H2/b13-11-. The quantitative estimate of drug-likeness (QED) is 0.323. The number of benzene rings is 1. The van der Waals surface area contributed by atoms with Crippen LogP contribution in [0.1, 0.15) is 15.9 Å². The van der Waals surface area contributed by atoms with Crippen LogP contribution < -0.4 is 5.73 Å². The molecule has 0 atom stereocenters. The molecule has 1 aromatic rings. The predicted molar refractivity (Wildman–Crippen MR) is 74.1 cm³/mol. The Hall–Kier alpha value is -2.26. The van der Waals surface area contributed by atoms with E-state index in [1.165, 1.54) is 0 Å². The van der Waals surface area contributed by atoms with Crippen LogP contribution in [-0.4, -0.2) is 5.78 Å². The molecular formula is C13H4F2IN3O. The van der Waals surface area contributed by atoms with Gasteiger partial charge in [-0.25, -0.2) is 8.78 Å². The van der Waals surface area contributed by atoms with Crippen LogP contribution in [0.2, 0.25) is 0 Å². The number of hydrogen-bond donors (Lipinski definition) is 1. The molecule has 98 valence electrons. The van der Waals surface area contributed by atoms with Gasteiger partial charge in [0.25, 0.3) is 0 Å². The van der Waals surface area contributed by atoms with Gasteiger partial charge in [-0.05, 0) is 40.3 Å². The highest BCUT2D eigenvalue weighted by Crippen LogP contribution is 2.41. The highest BCUT2D eigenvalue weighted by molar-refractivity contribution is 14.1. The first-order chi connectivity index (χ1) is 9.42. The number of fused-ring (bicyclic) bond motifs is 1. The topological polar surface area (TPSA) is 90.7 Å². The number of carbonyl (C=O) groups is 1. The van der Waals surface area contributed by atoms with E-state index in [0.717, 1.165) is 12.1 Å². The molecule has 4 nitrogen and oxygen atoms in total. The van der Waals surface area contributed by atoms with Crippen molar-refractivity contribution in [1.29, 1.82) is 10.5 Å². The number of allylic oxidation sites excluding steroid dienone is 3. The molecule has 0 fully saturated rings. The summed E-state index contributed by atoms with van der Waals surface area (Å²) >= 11 is 1.65. The van der Waals surface area contributed by atoms with Gasteiger partial charge >= 0.3 is 0 Å². The molecule has 1 aliphatic carbocycles. The molecule has 0 spiro atoms. The van der Waals surface area contributed by atoms with Crippen LogP contribution in [-0.2, 0) is 0 Å². The zero-order chi connectivity index (χ0) is 15.0. The summed E-state index contributed by atoms with van der Waals surface area (Å²) in [4.78, 5) is 12.2. The van der Waals surface area contributed by atoms with Crippen molar-refractivity contribution in [3.63, 3.8) is 0 Å². The van der Waals surface area contributed by atoms with Gasteiger partial charge in [-0.15, -0.1) is 0 Å². The predicted octanol–water partition coefficient (Wildman–Crippen LogP) is 2.57. The summed E-state index contributed by atoms with van der Waals surface area (Å²) in [5, 5.41) is 17.9. The van der Waals surface area contributed by atoms with E-state index in [0.29, 0.717) is 0 Å². The number of nitrogens with zero attached hydrogens (tertiary/aromatic N) is 2. The third-order valence-corrected chi connectivity index (χ3v) is 3.30. The van der Waals surface area contributed by atoms with Crippen LogP contribution in [0.4, 0.5) is 8.78 Å². The van der Waals surface area contributed by atoms with Gasteiger partial charge < -0.3 is 5.73 Å². The molecule has 0 saturated carbocycles. The largest absolute Gasteiger partial charge is 0.393 e. The molecule has 1 aliphatic rings. The van der Waals surface area contributed by atoms with Crippen molar-refractivity contribution in [2.45, 2.75) is 0 Å². The fourth-order valence-corrected chi connectivity index (χ4v) is 2.46. The second-order valence-corrected chi connectivity index (χ2v) is 5.00. The number of Topliss-reactive ketones (excluding diaryl/α,β-unsaturated/α-hetero) is 1. The first-order valence-electron chi connectivity index (χ1n) is 5.16. The number of ketones is 1. The normalized spacial score (nSPS) is 15.4. The first kappa shape index (κ1) is 14.2. The Balaban J connectivity index is 2.97. The second-order valence-electron chi connectivity index (χ2n) is 3.84. The van der Waals surface area contributed by atoms with E-state index in [1.807, 2.05) is 0 Å². The van der Waals surface area contributed by atoms with E-state index in [1.54, 1.807) is 34.7 Å². The maximum absolute atomic E-state index is 13.4. The number of hydrogen-bond acceptors (Lipinski definition) is 4. The van der Waals surface area contributed by atoms with Gasteiger partial charge in [0.05, 0.1) is 9.28 Å². The van der Waals surface area contributed by atoms with E-state index in [-0.39, 0.29) is 31.5 Å². The Morgan fingerprint density at radius 2 is 1.60 bits per heavy atom. The zero-order valence-corrected chi connectivity index (χ0v) is 11.8. The lowest BCUT2D eigenvalue weighted by atomic mass is 10.0. The van der Waals surface area contributed by atoms with E-state index in [2.05, 4.69) is 0 Å². The van der Waals surface area contributed by atoms with Crippen LogP contribution in [0.5, 0.6) is 0 Å². The van der Waals surface area contributed by atoms with Crippen molar-refractivity contribution in [2.75, 3.05) is 0 Å². The van der Waals surface area contributed by atoms with Gasteiger partial charge in [-0.2, -0.15) is 10.5 Å². The third kappa shape index (κ3) is 1.96. The summed E-state index contributed by atoms with van der Waals surface area (Å²) in [6.45, 7) is 0. The van der Waals surface area contributed by atoms with E-state index >= 15 is 0 Å². The monoisotopic (exact) mass is 383 g/mol. The maximum Gasteiger partial charge on any atom is 0.197 e. The first-order valence-corrected chi connectivity index (χ1v) is 6.24. The van der Waals surface area contributed by atoms with Crippen molar-refractivity contribution >= 4 is 33.9 Å². The lowest BCUT2D eigenvalue weighted by Crippen LogP contribution is -2.03. The molecule has 0 radical (unpaired) electrons. The molecule has 20 heavy (non-hydrogen) atoms. The summed E-state index contributed by atoms with van der Waals surface area (Å²) in [6, 6.07) is 4.80. The van der Waals surface area contributed by atoms with E-state index in [4.69, 9.17) is 16.3 Å². The molecule has 2 N–H and O–H groups in total. The lowest BCUT2D eigenvalue weighted by Gasteiger charge is -2.02. The molecule has 7 heteroatoms. The molecule has 0 aliphatic heterocycles. The van der Waals surface area contributed by atoms with Crippen molar-refractivity contribution < 1.29 is 13.6 Å². The smallest absolute Gasteiger partial charge is 0.197 e. The van der Waals surface area contributed by atoms with Gasteiger partial charge in [0.2, 0.25) is 0 Å². The number of carbonyl (C=O) groups excluding carboxylic acids is 1. The molecular weight excluding hydrogens is 379 g/mol. The fourth-order valence-electron chi connectivity index (χ4n) is 1.95. The van der Waals surface area contributed by atoms with Crippen LogP contribution in [0.3, 0.4) is 0 Å². The van der Waals surface area contributed by atoms with E-state index in [9.17, 15) is 13.6 Å². The fraction of sp³-hybridized carbons (Fsp3) is 0. The van der Waals surface area contributed by atoms with Gasteiger partial charge in [-0.3, -0.25) is 4.79 Å². The second kappa shape index (κ2) is 5.02. The molecule has 0 unspecified atom stereocenters. The van der Waals surface area contributed by atoms with Gasteiger partial charge in [0.15, 0.2) is 17.4 Å². The molecule has 0 saturated heterocycles. The third-order valence-electron chi connectivity index (χ3n) is 2.76. The highest BCUT2D eigenvalue weighted by Gasteiger charge is 2.35. The molecule has 0 amide bonds. The molecule has 0 heterocycles. The van der Waals surface area contributed by atoms with Gasteiger partial charge in [-0.1, -0.05) is 0 Å². The maximum atomic E-state index is 13.4. The molecule has 1 aromatic carbocycles. The molecule has 0 aromatic heterocycles. The number of halogens is 3. The minimum atomic E-state index is -1.18. The molecule has 0 bridgehead atoms. The van der Waals surface area contributed by atoms with Crippen molar-refractivity contribution in [2.24, 2.45) is 5.73 Å². The van der Waals surface area contributed by atoms with Crippen molar-refractivity contribution in [1.82, 2.24) is 0 Å². The average molecular weight is 383 g/mol. The zero-order valence-electron chi connectivity index (χ0n) is 9.67. The summed E-state index contributed by atoms with van der Waals surface area (Å²) in [5.74, 6) is -2.98. The molecule has 2 rings (SSSR count). The number of nitrogens with two attached hydrogens (primary N) is 1. The Bertz CT molecular complexity index is 777. The van der Waals surface area contributed by atoms with Crippen LogP contribution >= 0.6 is 22.6 Å². The summed E-state index contributed by atoms with van der Waals surface area (Å²) in [7, 11) is 0. The van der Waals surface area contributed by atoms with Crippen LogP contribution in [0, 0.1) is 34.3 Å². The highest BCUT2D eigenvalue weighted by atomic mass is 127. The summed E-state index contributed by atoms with van der Waals surface area (Å²) in [6.07, 6.45) is 0.